The summed E-state index contributed by atoms with van der Waals surface area (Å²) in [6.07, 6.45) is 0.562. The molecule has 0 spiro atoms. The van der Waals surface area contributed by atoms with E-state index < -0.39 is 5.60 Å². The van der Waals surface area contributed by atoms with Crippen LogP contribution in [0.2, 0.25) is 10.0 Å². The zero-order chi connectivity index (χ0) is 26.2. The topological polar surface area (TPSA) is 104 Å². The first-order valence-electron chi connectivity index (χ1n) is 11.4. The summed E-state index contributed by atoms with van der Waals surface area (Å²) in [5.41, 5.74) is 3.76. The second-order valence-corrected chi connectivity index (χ2v) is 10.9. The summed E-state index contributed by atoms with van der Waals surface area (Å²) >= 11 is 13.2. The molecule has 0 saturated carbocycles. The monoisotopic (exact) mass is 552 g/mol. The molecule has 1 amide bonds. The summed E-state index contributed by atoms with van der Waals surface area (Å²) in [7, 11) is 0. The number of carbonyl (C=O) groups excluding carboxylic acids is 1. The normalized spacial score (nSPS) is 14.1. The molecule has 2 aromatic heterocycles. The molecule has 1 aliphatic rings. The molecule has 4 aromatic rings. The van der Waals surface area contributed by atoms with Gasteiger partial charge in [0.05, 0.1) is 33.6 Å². The summed E-state index contributed by atoms with van der Waals surface area (Å²) in [6.45, 7) is 4.32. The van der Waals surface area contributed by atoms with Gasteiger partial charge in [0, 0.05) is 23.4 Å². The van der Waals surface area contributed by atoms with Gasteiger partial charge in [0.15, 0.2) is 10.8 Å². The summed E-state index contributed by atoms with van der Waals surface area (Å²) in [6, 6.07) is 16.9. The Morgan fingerprint density at radius 3 is 2.65 bits per heavy atom. The SMILES string of the molecule is CC1(C)Cc2c(C#N)c(Nc3ccccc3)n3c(SCC(=O)Nc4ccc(Cl)c(Cl)c4)nnc3c2CO1. The lowest BCUT2D eigenvalue weighted by Gasteiger charge is -2.33. The van der Waals surface area contributed by atoms with Crippen LogP contribution in [0.1, 0.15) is 30.5 Å². The van der Waals surface area contributed by atoms with Crippen LogP contribution in [0.4, 0.5) is 17.2 Å². The van der Waals surface area contributed by atoms with Gasteiger partial charge < -0.3 is 15.4 Å². The van der Waals surface area contributed by atoms with Gasteiger partial charge in [0.1, 0.15) is 11.9 Å². The number of anilines is 3. The average Bonchev–Trinajstić information content (AvgIpc) is 3.29. The molecule has 2 N–H and O–H groups in total. The van der Waals surface area contributed by atoms with Gasteiger partial charge in [-0.25, -0.2) is 0 Å². The molecule has 37 heavy (non-hydrogen) atoms. The van der Waals surface area contributed by atoms with E-state index in [1.54, 1.807) is 22.6 Å². The zero-order valence-electron chi connectivity index (χ0n) is 20.0. The number of ether oxygens (including phenoxy) is 1. The highest BCUT2D eigenvalue weighted by atomic mass is 35.5. The number of rotatable bonds is 6. The standard InChI is InChI=1S/C26H22Cl2N6O2S/c1-26(2)11-17-18(12-29)23(31-15-6-4-3-5-7-15)34-24(19(17)13-36-26)32-33-25(34)37-14-22(35)30-16-8-9-20(27)21(28)10-16/h3-10,31H,11,13-14H2,1-2H3,(H,30,35). The maximum absolute atomic E-state index is 12.7. The van der Waals surface area contributed by atoms with E-state index in [4.69, 9.17) is 27.9 Å². The van der Waals surface area contributed by atoms with Crippen molar-refractivity contribution in [2.24, 2.45) is 0 Å². The van der Waals surface area contributed by atoms with Gasteiger partial charge in [-0.15, -0.1) is 10.2 Å². The molecule has 0 atom stereocenters. The van der Waals surface area contributed by atoms with Crippen LogP contribution in [-0.2, 0) is 22.6 Å². The molecule has 0 fully saturated rings. The molecule has 2 aromatic carbocycles. The van der Waals surface area contributed by atoms with E-state index in [2.05, 4.69) is 26.9 Å². The van der Waals surface area contributed by atoms with Gasteiger partial charge in [-0.1, -0.05) is 53.2 Å². The van der Waals surface area contributed by atoms with Crippen LogP contribution in [0.5, 0.6) is 0 Å². The number of fused-ring (bicyclic) bond motifs is 3. The van der Waals surface area contributed by atoms with Crippen LogP contribution in [0.15, 0.2) is 53.7 Å². The molecular formula is C26H22Cl2N6O2S. The van der Waals surface area contributed by atoms with Crippen molar-refractivity contribution in [3.05, 3.63) is 75.3 Å². The third kappa shape index (κ3) is 5.24. The number of benzene rings is 2. The van der Waals surface area contributed by atoms with E-state index in [1.807, 2.05) is 44.2 Å². The van der Waals surface area contributed by atoms with Crippen molar-refractivity contribution in [1.29, 1.82) is 5.26 Å². The van der Waals surface area contributed by atoms with E-state index in [0.717, 1.165) is 16.8 Å². The smallest absolute Gasteiger partial charge is 0.234 e. The largest absolute Gasteiger partial charge is 0.370 e. The number of thioether (sulfide) groups is 1. The summed E-state index contributed by atoms with van der Waals surface area (Å²) in [5, 5.41) is 26.5. The second-order valence-electron chi connectivity index (χ2n) is 9.12. The van der Waals surface area contributed by atoms with E-state index in [0.29, 0.717) is 50.9 Å². The van der Waals surface area contributed by atoms with E-state index in [9.17, 15) is 10.1 Å². The van der Waals surface area contributed by atoms with Crippen molar-refractivity contribution < 1.29 is 9.53 Å². The Kier molecular flexibility index (Phi) is 7.01. The molecule has 3 heterocycles. The first kappa shape index (κ1) is 25.4. The first-order valence-corrected chi connectivity index (χ1v) is 13.2. The van der Waals surface area contributed by atoms with Crippen LogP contribution in [0.3, 0.4) is 0 Å². The fourth-order valence-corrected chi connectivity index (χ4v) is 5.23. The number of amides is 1. The minimum Gasteiger partial charge on any atom is -0.370 e. The quantitative estimate of drug-likeness (QED) is 0.273. The van der Waals surface area contributed by atoms with E-state index in [1.165, 1.54) is 11.8 Å². The highest BCUT2D eigenvalue weighted by molar-refractivity contribution is 7.99. The van der Waals surface area contributed by atoms with Crippen molar-refractivity contribution in [3.8, 4) is 6.07 Å². The number of nitrogens with zero attached hydrogens (tertiary/aromatic N) is 4. The lowest BCUT2D eigenvalue weighted by atomic mass is 9.89. The minimum absolute atomic E-state index is 0.0638. The molecule has 1 aliphatic heterocycles. The van der Waals surface area contributed by atoms with E-state index in [-0.39, 0.29) is 11.7 Å². The fourth-order valence-electron chi connectivity index (χ4n) is 4.19. The van der Waals surface area contributed by atoms with Gasteiger partial charge in [0.25, 0.3) is 0 Å². The predicted octanol–water partition coefficient (Wildman–Crippen LogP) is 6.23. The average molecular weight is 553 g/mol. The van der Waals surface area contributed by atoms with Crippen molar-refractivity contribution in [2.45, 2.75) is 37.6 Å². The highest BCUT2D eigenvalue weighted by Crippen LogP contribution is 2.38. The number of carbonyl (C=O) groups is 1. The van der Waals surface area contributed by atoms with Gasteiger partial charge in [0.2, 0.25) is 5.91 Å². The highest BCUT2D eigenvalue weighted by Gasteiger charge is 2.33. The Bertz CT molecular complexity index is 1550. The lowest BCUT2D eigenvalue weighted by Crippen LogP contribution is -2.33. The number of halogens is 2. The first-order chi connectivity index (χ1) is 17.8. The fraction of sp³-hybridized carbons (Fsp3) is 0.231. The number of hydrogen-bond donors (Lipinski definition) is 2. The number of aromatic nitrogens is 3. The third-order valence-electron chi connectivity index (χ3n) is 5.92. The van der Waals surface area contributed by atoms with Crippen LogP contribution in [0, 0.1) is 11.3 Å². The molecule has 11 heteroatoms. The molecule has 5 rings (SSSR count). The molecule has 188 valence electrons. The molecule has 0 unspecified atom stereocenters. The minimum atomic E-state index is -0.415. The number of nitrogens with one attached hydrogen (secondary N) is 2. The van der Waals surface area contributed by atoms with Crippen LogP contribution >= 0.6 is 35.0 Å². The van der Waals surface area contributed by atoms with Gasteiger partial charge in [-0.05, 0) is 49.7 Å². The third-order valence-corrected chi connectivity index (χ3v) is 7.59. The van der Waals surface area contributed by atoms with Crippen molar-refractivity contribution in [3.63, 3.8) is 0 Å². The maximum atomic E-state index is 12.7. The Balaban J connectivity index is 1.52. The predicted molar refractivity (Wildman–Crippen MR) is 146 cm³/mol. The molecule has 0 bridgehead atoms. The van der Waals surface area contributed by atoms with Gasteiger partial charge in [-0.2, -0.15) is 5.26 Å². The Morgan fingerprint density at radius 1 is 1.14 bits per heavy atom. The Labute approximate surface area is 227 Å². The van der Waals surface area contributed by atoms with Crippen LogP contribution < -0.4 is 10.6 Å². The molecule has 8 nitrogen and oxygen atoms in total. The maximum Gasteiger partial charge on any atom is 0.234 e. The summed E-state index contributed by atoms with van der Waals surface area (Å²) in [5.74, 6) is 0.368. The summed E-state index contributed by atoms with van der Waals surface area (Å²) in [4.78, 5) is 12.7. The summed E-state index contributed by atoms with van der Waals surface area (Å²) < 4.78 is 7.84. The van der Waals surface area contributed by atoms with E-state index >= 15 is 0 Å². The number of para-hydroxylation sites is 1. The molecule has 0 saturated heterocycles. The van der Waals surface area contributed by atoms with Crippen molar-refractivity contribution in [1.82, 2.24) is 14.6 Å². The van der Waals surface area contributed by atoms with Crippen LogP contribution in [0.25, 0.3) is 5.65 Å². The second kappa shape index (κ2) is 10.2. The Morgan fingerprint density at radius 2 is 1.92 bits per heavy atom. The number of pyridine rings is 1. The molecular weight excluding hydrogens is 531 g/mol. The molecule has 0 aliphatic carbocycles. The number of nitriles is 1. The van der Waals surface area contributed by atoms with Crippen molar-refractivity contribution >= 4 is 63.7 Å². The van der Waals surface area contributed by atoms with Gasteiger partial charge >= 0.3 is 0 Å². The van der Waals surface area contributed by atoms with Crippen LogP contribution in [-0.4, -0.2) is 31.9 Å². The van der Waals surface area contributed by atoms with Gasteiger partial charge in [-0.3, -0.25) is 9.20 Å². The lowest BCUT2D eigenvalue weighted by molar-refractivity contribution is -0.113. The Hall–Kier alpha value is -3.29. The number of hydrogen-bond acceptors (Lipinski definition) is 7. The molecule has 0 radical (unpaired) electrons. The zero-order valence-corrected chi connectivity index (χ0v) is 22.3. The van der Waals surface area contributed by atoms with Crippen molar-refractivity contribution in [2.75, 3.05) is 16.4 Å².